The highest BCUT2D eigenvalue weighted by molar-refractivity contribution is 8.45. The number of carbonyl (C=O) groups excluding carboxylic acids is 1. The normalized spacial score (nSPS) is 14.5. The Bertz CT molecular complexity index is 1120. The van der Waals surface area contributed by atoms with Gasteiger partial charge in [-0.15, -0.1) is 0 Å². The van der Waals surface area contributed by atoms with Crippen LogP contribution in [-0.4, -0.2) is 5.91 Å². The Balaban J connectivity index is 1.77. The number of amides is 1. The van der Waals surface area contributed by atoms with E-state index < -0.39 is 21.0 Å². The van der Waals surface area contributed by atoms with Crippen LogP contribution in [0.5, 0.6) is 0 Å². The maximum absolute atomic E-state index is 13.0. The van der Waals surface area contributed by atoms with Gasteiger partial charge in [-0.05, 0) is 52.4 Å². The third-order valence-corrected chi connectivity index (χ3v) is 5.91. The molecule has 3 aromatic carbocycles. The highest BCUT2D eigenvalue weighted by Gasteiger charge is 2.65. The Hall–Kier alpha value is -2.87. The minimum atomic E-state index is -9.82. The van der Waals surface area contributed by atoms with Crippen LogP contribution in [0.25, 0.3) is 11.1 Å². The lowest BCUT2D eigenvalue weighted by Crippen LogP contribution is -2.13. The molecule has 0 aliphatic rings. The maximum Gasteiger partial charge on any atom is 0.310 e. The second kappa shape index (κ2) is 6.82. The van der Waals surface area contributed by atoms with Gasteiger partial charge in [0.25, 0.3) is 5.91 Å². The highest BCUT2D eigenvalue weighted by Crippen LogP contribution is 3.02. The molecule has 0 radical (unpaired) electrons. The lowest BCUT2D eigenvalue weighted by molar-refractivity contribution is 0.102. The van der Waals surface area contributed by atoms with Crippen molar-refractivity contribution in [1.82, 2.24) is 0 Å². The largest absolute Gasteiger partial charge is 0.322 e. The summed E-state index contributed by atoms with van der Waals surface area (Å²) in [5, 5.41) is 2.24. The zero-order valence-electron chi connectivity index (χ0n) is 17.1. The molecule has 1 amide bonds. The zero-order valence-corrected chi connectivity index (χ0v) is 18.0. The molecular weight excluding hydrogens is 433 g/mol. The van der Waals surface area contributed by atoms with Crippen molar-refractivity contribution >= 4 is 21.8 Å². The van der Waals surface area contributed by atoms with Crippen molar-refractivity contribution in [2.24, 2.45) is 0 Å². The summed E-state index contributed by atoms with van der Waals surface area (Å²) in [5.74, 6) is -0.700. The fourth-order valence-electron chi connectivity index (χ4n) is 2.99. The fourth-order valence-corrected chi connectivity index (χ4v) is 3.68. The molecule has 3 aromatic rings. The van der Waals surface area contributed by atoms with Crippen LogP contribution in [0.15, 0.2) is 77.7 Å². The van der Waals surface area contributed by atoms with E-state index >= 15 is 0 Å². The van der Waals surface area contributed by atoms with Crippen LogP contribution in [0.4, 0.5) is 25.1 Å². The molecule has 2 nitrogen and oxygen atoms in total. The first-order chi connectivity index (χ1) is 14.0. The van der Waals surface area contributed by atoms with E-state index in [-0.39, 0.29) is 28.8 Å². The average molecular weight is 455 g/mol. The molecule has 31 heavy (non-hydrogen) atoms. The first-order valence-electron chi connectivity index (χ1n) is 9.39. The first-order valence-corrected chi connectivity index (χ1v) is 11.3. The van der Waals surface area contributed by atoms with Crippen molar-refractivity contribution < 1.29 is 24.2 Å². The first kappa shape index (κ1) is 22.8. The van der Waals surface area contributed by atoms with Gasteiger partial charge in [0.05, 0.1) is 0 Å². The quantitative estimate of drug-likeness (QED) is 0.392. The van der Waals surface area contributed by atoms with Crippen molar-refractivity contribution in [3.63, 3.8) is 0 Å². The van der Waals surface area contributed by atoms with E-state index in [1.807, 2.05) is 24.3 Å². The molecule has 0 aliphatic carbocycles. The summed E-state index contributed by atoms with van der Waals surface area (Å²) in [6.45, 7) is 6.34. The summed E-state index contributed by atoms with van der Waals surface area (Å²) >= 11 is 0. The van der Waals surface area contributed by atoms with Crippen LogP contribution >= 0.6 is 10.2 Å². The second-order valence-corrected chi connectivity index (χ2v) is 10.8. The molecule has 3 rings (SSSR count). The number of nitrogens with one attached hydrogen (secondary N) is 1. The van der Waals surface area contributed by atoms with Gasteiger partial charge in [-0.25, -0.2) is 0 Å². The monoisotopic (exact) mass is 455 g/mol. The smallest absolute Gasteiger partial charge is 0.310 e. The number of rotatable bonds is 4. The number of anilines is 1. The molecule has 0 atom stereocenters. The van der Waals surface area contributed by atoms with Crippen LogP contribution in [0.1, 0.15) is 36.7 Å². The van der Waals surface area contributed by atoms with E-state index in [0.29, 0.717) is 0 Å². The number of hydrogen-bond acceptors (Lipinski definition) is 1. The molecule has 166 valence electrons. The molecular formula is C23H22F5NOS. The molecule has 0 fully saturated rings. The number of benzene rings is 3. The van der Waals surface area contributed by atoms with Crippen molar-refractivity contribution in [2.75, 3.05) is 5.32 Å². The molecule has 8 heteroatoms. The van der Waals surface area contributed by atoms with Gasteiger partial charge in [-0.2, -0.15) is 0 Å². The molecule has 0 spiro atoms. The molecule has 0 aliphatic heterocycles. The van der Waals surface area contributed by atoms with Gasteiger partial charge in [-0.3, -0.25) is 4.79 Å². The van der Waals surface area contributed by atoms with Gasteiger partial charge in [0.15, 0.2) is 0 Å². The molecule has 0 saturated heterocycles. The van der Waals surface area contributed by atoms with E-state index in [9.17, 15) is 24.2 Å². The van der Waals surface area contributed by atoms with Gasteiger partial charge in [0.2, 0.25) is 0 Å². The summed E-state index contributed by atoms with van der Waals surface area (Å²) in [5.41, 5.74) is 2.84. The van der Waals surface area contributed by atoms with Crippen LogP contribution in [0.3, 0.4) is 0 Å². The number of halogens is 5. The van der Waals surface area contributed by atoms with Gasteiger partial charge in [0, 0.05) is 11.3 Å². The highest BCUT2D eigenvalue weighted by atomic mass is 32.5. The summed E-state index contributed by atoms with van der Waals surface area (Å²) in [6.07, 6.45) is 0. The zero-order chi connectivity index (χ0) is 23.1. The molecule has 0 unspecified atom stereocenters. The minimum Gasteiger partial charge on any atom is -0.322 e. The SMILES string of the molecule is CC(C)(C)c1ccc(-c2ccc(C(=O)Nc3cccc(S(F)(F)(F)(F)F)c3)cc2)cc1. The molecule has 0 aromatic heterocycles. The van der Waals surface area contributed by atoms with Crippen molar-refractivity contribution in [2.45, 2.75) is 31.1 Å². The average Bonchev–Trinajstić information content (AvgIpc) is 2.66. The molecule has 0 bridgehead atoms. The van der Waals surface area contributed by atoms with E-state index in [1.54, 1.807) is 12.1 Å². The Labute approximate surface area is 177 Å². The van der Waals surface area contributed by atoms with Crippen molar-refractivity contribution in [1.29, 1.82) is 0 Å². The summed E-state index contributed by atoms with van der Waals surface area (Å²) in [7, 11) is -9.82. The van der Waals surface area contributed by atoms with Crippen molar-refractivity contribution in [3.8, 4) is 11.1 Å². The van der Waals surface area contributed by atoms with Gasteiger partial charge in [0.1, 0.15) is 4.90 Å². The van der Waals surface area contributed by atoms with Gasteiger partial charge >= 0.3 is 10.2 Å². The van der Waals surface area contributed by atoms with Crippen LogP contribution in [0.2, 0.25) is 0 Å². The topological polar surface area (TPSA) is 29.1 Å². The Morgan fingerprint density at radius 2 is 1.29 bits per heavy atom. The Morgan fingerprint density at radius 3 is 1.77 bits per heavy atom. The van der Waals surface area contributed by atoms with E-state index in [1.165, 1.54) is 17.7 Å². The predicted molar refractivity (Wildman–Crippen MR) is 116 cm³/mol. The van der Waals surface area contributed by atoms with Crippen LogP contribution in [0, 0.1) is 0 Å². The Morgan fingerprint density at radius 1 is 0.774 bits per heavy atom. The maximum atomic E-state index is 13.0. The molecule has 0 heterocycles. The third kappa shape index (κ3) is 5.64. The summed E-state index contributed by atoms with van der Waals surface area (Å²) in [4.78, 5) is 10.3. The second-order valence-electron chi connectivity index (χ2n) is 8.36. The van der Waals surface area contributed by atoms with Crippen LogP contribution in [-0.2, 0) is 5.41 Å². The van der Waals surface area contributed by atoms with Gasteiger partial charge in [-0.1, -0.05) is 82.7 Å². The number of carbonyl (C=O) groups is 1. The third-order valence-electron chi connectivity index (χ3n) is 4.77. The van der Waals surface area contributed by atoms with E-state index in [2.05, 4.69) is 26.1 Å². The lowest BCUT2D eigenvalue weighted by atomic mass is 9.86. The Kier molecular flexibility index (Phi) is 5.01. The summed E-state index contributed by atoms with van der Waals surface area (Å²) in [6, 6.07) is 17.0. The lowest BCUT2D eigenvalue weighted by Gasteiger charge is -2.40. The van der Waals surface area contributed by atoms with Gasteiger partial charge < -0.3 is 5.32 Å². The number of hydrogen-bond donors (Lipinski definition) is 1. The summed E-state index contributed by atoms with van der Waals surface area (Å²) < 4.78 is 64.9. The standard InChI is InChI=1S/C23H22F5NOS/c1-23(2,3)19-13-11-17(12-14-19)16-7-9-18(10-8-16)22(30)29-20-5-4-6-21(15-20)31(24,25,26,27)28/h4-15H,1-3H3,(H,29,30). The molecule has 1 N–H and O–H groups in total. The fraction of sp³-hybridized carbons (Fsp3) is 0.174. The van der Waals surface area contributed by atoms with E-state index in [0.717, 1.165) is 23.3 Å². The minimum absolute atomic E-state index is 0.0234. The van der Waals surface area contributed by atoms with Crippen LogP contribution < -0.4 is 5.32 Å². The molecule has 0 saturated carbocycles. The predicted octanol–water partition coefficient (Wildman–Crippen LogP) is 8.56. The van der Waals surface area contributed by atoms with Crippen molar-refractivity contribution in [3.05, 3.63) is 83.9 Å². The van der Waals surface area contributed by atoms with E-state index in [4.69, 9.17) is 0 Å².